The molecule has 4 aromatic carbocycles. The summed E-state index contributed by atoms with van der Waals surface area (Å²) < 4.78 is 137. The van der Waals surface area contributed by atoms with E-state index in [0.717, 1.165) is 24.3 Å². The standard InChI is InChI=1S/C44H26Cl4N4O12S4/c45-25-17-21(1-13-37(25)65(53,54)55)41-29-5-7-31(49-29)42(22-2-14-38(26(46)18-22)66(56,57)58)33-9-11-35(51-33)44(24-4-16-40(28(48)20-24)68(62,63)64)36-12-10-34(52-36)43(32-8-6-30(41)50-32)23-3-15-39(27(47)19-23)67(59,60)61/h1-20,49,52H,(H,53,54,55)(H,56,57,58)(H,59,60,61)(H,62,63,64). The van der Waals surface area contributed by atoms with Crippen LogP contribution in [0.5, 0.6) is 0 Å². The van der Waals surface area contributed by atoms with E-state index in [1.54, 1.807) is 48.6 Å². The summed E-state index contributed by atoms with van der Waals surface area (Å²) in [5.74, 6) is 0. The van der Waals surface area contributed by atoms with Gasteiger partial charge in [-0.15, -0.1) is 0 Å². The summed E-state index contributed by atoms with van der Waals surface area (Å²) in [6.45, 7) is 0. The van der Waals surface area contributed by atoms with Crippen molar-refractivity contribution < 1.29 is 51.9 Å². The van der Waals surface area contributed by atoms with Crippen molar-refractivity contribution >= 4 is 133 Å². The molecule has 6 N–H and O–H groups in total. The van der Waals surface area contributed by atoms with Crippen molar-refractivity contribution in [3.8, 4) is 44.5 Å². The van der Waals surface area contributed by atoms with Gasteiger partial charge < -0.3 is 9.97 Å². The highest BCUT2D eigenvalue weighted by Gasteiger charge is 2.24. The summed E-state index contributed by atoms with van der Waals surface area (Å²) in [6.07, 6.45) is 6.58. The summed E-state index contributed by atoms with van der Waals surface area (Å²) in [5.41, 5.74) is 5.22. The number of nitrogens with zero attached hydrogens (tertiary/aromatic N) is 2. The summed E-state index contributed by atoms with van der Waals surface area (Å²) >= 11 is 25.9. The average molecular weight is 1070 g/mol. The lowest BCUT2D eigenvalue weighted by Crippen LogP contribution is -1.99. The molecule has 0 spiro atoms. The number of halogens is 4. The highest BCUT2D eigenvalue weighted by Crippen LogP contribution is 2.41. The first kappa shape index (κ1) is 47.4. The van der Waals surface area contributed by atoms with Gasteiger partial charge in [0, 0.05) is 44.3 Å². The Morgan fingerprint density at radius 3 is 0.721 bits per heavy atom. The van der Waals surface area contributed by atoms with Crippen molar-refractivity contribution in [3.05, 3.63) is 140 Å². The van der Waals surface area contributed by atoms with Gasteiger partial charge in [-0.05, 0) is 119 Å². The molecule has 9 rings (SSSR count). The van der Waals surface area contributed by atoms with Crippen LogP contribution in [-0.4, -0.2) is 71.8 Å². The molecule has 0 atom stereocenters. The Hall–Kier alpha value is -5.72. The lowest BCUT2D eigenvalue weighted by molar-refractivity contribution is 0.481. The molecule has 0 radical (unpaired) electrons. The normalized spacial score (nSPS) is 13.1. The third-order valence-electron chi connectivity index (χ3n) is 10.7. The number of rotatable bonds is 8. The van der Waals surface area contributed by atoms with Crippen molar-refractivity contribution in [2.24, 2.45) is 0 Å². The Morgan fingerprint density at radius 2 is 0.544 bits per heavy atom. The topological polar surface area (TPSA) is 275 Å². The molecule has 7 aromatic rings. The summed E-state index contributed by atoms with van der Waals surface area (Å²) in [4.78, 5) is 14.5. The van der Waals surface area contributed by atoms with Crippen LogP contribution in [0, 0.1) is 0 Å². The Labute approximate surface area is 406 Å². The average Bonchev–Trinajstić information content (AvgIpc) is 4.07. The zero-order chi connectivity index (χ0) is 48.8. The lowest BCUT2D eigenvalue weighted by atomic mass is 10.0. The predicted octanol–water partition coefficient (Wildman–Crippen LogP) is 10.9. The predicted molar refractivity (Wildman–Crippen MR) is 260 cm³/mol. The molecular formula is C44H26Cl4N4O12S4. The minimum atomic E-state index is -4.75. The Kier molecular flexibility index (Phi) is 11.9. The second-order valence-corrected chi connectivity index (χ2v) is 22.2. The summed E-state index contributed by atoms with van der Waals surface area (Å²) in [7, 11) is -19.0. The highest BCUT2D eigenvalue weighted by atomic mass is 35.5. The molecule has 16 nitrogen and oxygen atoms in total. The molecule has 2 aliphatic rings. The first-order chi connectivity index (χ1) is 31.9. The molecule has 0 amide bonds. The van der Waals surface area contributed by atoms with Crippen LogP contribution in [0.2, 0.25) is 20.1 Å². The van der Waals surface area contributed by atoms with Crippen LogP contribution in [0.4, 0.5) is 0 Å². The molecule has 2 aliphatic heterocycles. The van der Waals surface area contributed by atoms with Crippen LogP contribution in [0.3, 0.4) is 0 Å². The largest absolute Gasteiger partial charge is 0.354 e. The molecule has 8 bridgehead atoms. The van der Waals surface area contributed by atoms with Gasteiger partial charge in [0.25, 0.3) is 40.5 Å². The number of fused-ring (bicyclic) bond motifs is 8. The minimum absolute atomic E-state index is 0.276. The smallest absolute Gasteiger partial charge is 0.296 e. The Bertz CT molecular complexity index is 3580. The molecule has 3 aromatic heterocycles. The third kappa shape index (κ3) is 8.90. The van der Waals surface area contributed by atoms with Crippen molar-refractivity contribution in [2.45, 2.75) is 19.6 Å². The third-order valence-corrected chi connectivity index (χ3v) is 16.1. The van der Waals surface area contributed by atoms with Gasteiger partial charge in [-0.1, -0.05) is 70.7 Å². The molecule has 24 heteroatoms. The van der Waals surface area contributed by atoms with E-state index >= 15 is 0 Å². The van der Waals surface area contributed by atoms with E-state index in [0.29, 0.717) is 66.6 Å². The van der Waals surface area contributed by atoms with Gasteiger partial charge in [-0.3, -0.25) is 18.2 Å². The molecule has 5 heterocycles. The van der Waals surface area contributed by atoms with Crippen molar-refractivity contribution in [1.29, 1.82) is 0 Å². The van der Waals surface area contributed by atoms with E-state index in [9.17, 15) is 51.9 Å². The van der Waals surface area contributed by atoms with E-state index < -0.39 is 60.1 Å². The molecular weight excluding hydrogens is 1050 g/mol. The molecule has 68 heavy (non-hydrogen) atoms. The summed E-state index contributed by atoms with van der Waals surface area (Å²) in [5, 5.41) is -1.28. The zero-order valence-electron chi connectivity index (χ0n) is 33.6. The van der Waals surface area contributed by atoms with E-state index in [1.807, 2.05) is 0 Å². The van der Waals surface area contributed by atoms with Gasteiger partial charge in [0.1, 0.15) is 19.6 Å². The monoisotopic (exact) mass is 1070 g/mol. The number of H-pyrrole nitrogens is 2. The van der Waals surface area contributed by atoms with E-state index in [2.05, 4.69) is 9.97 Å². The number of aromatic amines is 2. The minimum Gasteiger partial charge on any atom is -0.354 e. The van der Waals surface area contributed by atoms with Crippen LogP contribution >= 0.6 is 46.4 Å². The highest BCUT2D eigenvalue weighted by molar-refractivity contribution is 7.86. The van der Waals surface area contributed by atoms with E-state index in [1.165, 1.54) is 48.5 Å². The fourth-order valence-electron chi connectivity index (χ4n) is 7.88. The first-order valence-corrected chi connectivity index (χ1v) is 26.4. The number of nitrogens with one attached hydrogen (secondary N) is 2. The van der Waals surface area contributed by atoms with E-state index in [4.69, 9.17) is 56.4 Å². The van der Waals surface area contributed by atoms with Crippen LogP contribution < -0.4 is 0 Å². The van der Waals surface area contributed by atoms with Gasteiger partial charge in [0.15, 0.2) is 0 Å². The molecule has 0 aliphatic carbocycles. The quantitative estimate of drug-likeness (QED) is 0.0773. The Balaban J connectivity index is 1.47. The lowest BCUT2D eigenvalue weighted by Gasteiger charge is -2.09. The van der Waals surface area contributed by atoms with Crippen LogP contribution in [0.25, 0.3) is 90.9 Å². The number of benzene rings is 4. The van der Waals surface area contributed by atoms with Gasteiger partial charge in [0.05, 0.1) is 42.9 Å². The number of hydrogen-bond acceptors (Lipinski definition) is 10. The molecule has 0 saturated carbocycles. The SMILES string of the molecule is O=S(=O)(O)c1ccc(-c2c3nc(c(-c4ccc(S(=O)(=O)O)c(Cl)c4)c4ccc([nH]4)c(-c4ccc(S(=O)(=O)O)c(Cl)c4)c4nc(c(-c5ccc(S(=O)(=O)O)c(Cl)c5)c5ccc2[nH]5)C=C4)C=C3)cc1Cl. The zero-order valence-corrected chi connectivity index (χ0v) is 39.9. The molecule has 0 fully saturated rings. The maximum Gasteiger partial charge on any atom is 0.296 e. The van der Waals surface area contributed by atoms with Crippen LogP contribution in [0.15, 0.2) is 117 Å². The van der Waals surface area contributed by atoms with Gasteiger partial charge in [-0.25, -0.2) is 9.97 Å². The Morgan fingerprint density at radius 1 is 0.338 bits per heavy atom. The van der Waals surface area contributed by atoms with Crippen molar-refractivity contribution in [2.75, 3.05) is 0 Å². The van der Waals surface area contributed by atoms with Crippen LogP contribution in [0.1, 0.15) is 22.8 Å². The number of hydrogen-bond donors (Lipinski definition) is 6. The van der Waals surface area contributed by atoms with E-state index in [-0.39, 0.29) is 42.9 Å². The van der Waals surface area contributed by atoms with Gasteiger partial charge in [0.2, 0.25) is 0 Å². The fraction of sp³-hybridized carbons (Fsp3) is 0. The molecule has 0 unspecified atom stereocenters. The van der Waals surface area contributed by atoms with Crippen LogP contribution in [-0.2, 0) is 40.5 Å². The molecule has 0 saturated heterocycles. The summed E-state index contributed by atoms with van der Waals surface area (Å²) in [6, 6.07) is 22.1. The fourth-order valence-corrected chi connectivity index (χ4v) is 12.0. The molecule has 346 valence electrons. The first-order valence-electron chi connectivity index (χ1n) is 19.1. The van der Waals surface area contributed by atoms with Crippen molar-refractivity contribution in [3.63, 3.8) is 0 Å². The maximum absolute atomic E-state index is 12.2. The number of aromatic nitrogens is 4. The second kappa shape index (κ2) is 17.1. The van der Waals surface area contributed by atoms with Gasteiger partial charge in [-0.2, -0.15) is 33.7 Å². The van der Waals surface area contributed by atoms with Gasteiger partial charge >= 0.3 is 0 Å². The second-order valence-electron chi connectivity index (χ2n) is 15.0. The van der Waals surface area contributed by atoms with Crippen molar-refractivity contribution in [1.82, 2.24) is 19.9 Å². The maximum atomic E-state index is 12.2.